The first kappa shape index (κ1) is 15.0. The van der Waals surface area contributed by atoms with Crippen LogP contribution in [0.25, 0.3) is 0 Å². The maximum absolute atomic E-state index is 12.2. The van der Waals surface area contributed by atoms with Crippen molar-refractivity contribution in [1.29, 1.82) is 0 Å². The first-order valence-electron chi connectivity index (χ1n) is 6.91. The molecule has 1 aromatic heterocycles. The van der Waals surface area contributed by atoms with Gasteiger partial charge in [0.25, 0.3) is 0 Å². The third kappa shape index (κ3) is 3.58. The average Bonchev–Trinajstić information content (AvgIpc) is 2.81. The van der Waals surface area contributed by atoms with Gasteiger partial charge in [-0.25, -0.2) is 4.79 Å². The van der Waals surface area contributed by atoms with E-state index < -0.39 is 0 Å². The quantitative estimate of drug-likeness (QED) is 0.836. The van der Waals surface area contributed by atoms with Crippen molar-refractivity contribution in [2.45, 2.75) is 26.7 Å². The minimum Gasteiger partial charge on any atom is -0.462 e. The number of carbonyl (C=O) groups is 2. The molecule has 0 spiro atoms. The zero-order valence-electron chi connectivity index (χ0n) is 11.8. The molecule has 6 heteroatoms. The summed E-state index contributed by atoms with van der Waals surface area (Å²) >= 11 is 1.41. The third-order valence-corrected chi connectivity index (χ3v) is 4.22. The molecule has 1 aliphatic heterocycles. The van der Waals surface area contributed by atoms with Gasteiger partial charge in [-0.3, -0.25) is 4.79 Å². The summed E-state index contributed by atoms with van der Waals surface area (Å²) in [4.78, 5) is 25.0. The highest BCUT2D eigenvalue weighted by molar-refractivity contribution is 7.16. The van der Waals surface area contributed by atoms with Gasteiger partial charge >= 0.3 is 5.97 Å². The van der Waals surface area contributed by atoms with E-state index in [-0.39, 0.29) is 17.8 Å². The second-order valence-electron chi connectivity index (χ2n) is 4.85. The molecule has 1 atom stereocenters. The topological polar surface area (TPSA) is 67.4 Å². The van der Waals surface area contributed by atoms with Crippen LogP contribution in [-0.4, -0.2) is 31.6 Å². The highest BCUT2D eigenvalue weighted by Gasteiger charge is 2.24. The van der Waals surface area contributed by atoms with Gasteiger partial charge < -0.3 is 15.4 Å². The second kappa shape index (κ2) is 6.85. The minimum atomic E-state index is -0.381. The highest BCUT2D eigenvalue weighted by atomic mass is 32.1. The Kier molecular flexibility index (Phi) is 5.14. The van der Waals surface area contributed by atoms with Crippen molar-refractivity contribution < 1.29 is 14.3 Å². The molecule has 2 heterocycles. The lowest BCUT2D eigenvalue weighted by molar-refractivity contribution is -0.120. The van der Waals surface area contributed by atoms with Gasteiger partial charge in [0.05, 0.1) is 18.1 Å². The van der Waals surface area contributed by atoms with E-state index >= 15 is 0 Å². The number of anilines is 1. The molecule has 1 aromatic rings. The van der Waals surface area contributed by atoms with Crippen LogP contribution in [0.3, 0.4) is 0 Å². The molecule has 5 nitrogen and oxygen atoms in total. The number of amides is 1. The predicted octanol–water partition coefficient (Wildman–Crippen LogP) is 2.17. The Labute approximate surface area is 122 Å². The van der Waals surface area contributed by atoms with Crippen molar-refractivity contribution in [2.24, 2.45) is 5.92 Å². The Hall–Kier alpha value is -1.40. The maximum atomic E-state index is 12.2. The number of hydrogen-bond acceptors (Lipinski definition) is 5. The summed E-state index contributed by atoms with van der Waals surface area (Å²) < 4.78 is 5.01. The van der Waals surface area contributed by atoms with Crippen molar-refractivity contribution in [3.05, 3.63) is 16.5 Å². The van der Waals surface area contributed by atoms with Crippen molar-refractivity contribution in [2.75, 3.05) is 25.0 Å². The summed E-state index contributed by atoms with van der Waals surface area (Å²) in [5.41, 5.74) is 0.450. The molecule has 0 aromatic carbocycles. The van der Waals surface area contributed by atoms with E-state index in [0.717, 1.165) is 24.3 Å². The monoisotopic (exact) mass is 296 g/mol. The van der Waals surface area contributed by atoms with Gasteiger partial charge in [-0.2, -0.15) is 0 Å². The van der Waals surface area contributed by atoms with E-state index in [9.17, 15) is 9.59 Å². The zero-order chi connectivity index (χ0) is 14.5. The van der Waals surface area contributed by atoms with Crippen LogP contribution in [0.5, 0.6) is 0 Å². The van der Waals surface area contributed by atoms with Crippen LogP contribution in [0.1, 0.15) is 35.0 Å². The number of hydrogen-bond donors (Lipinski definition) is 2. The molecule has 20 heavy (non-hydrogen) atoms. The molecule has 1 amide bonds. The summed E-state index contributed by atoms with van der Waals surface area (Å²) in [5.74, 6) is -0.431. The van der Waals surface area contributed by atoms with Gasteiger partial charge in [0, 0.05) is 11.4 Å². The van der Waals surface area contributed by atoms with Crippen LogP contribution in [-0.2, 0) is 9.53 Å². The van der Waals surface area contributed by atoms with E-state index in [1.165, 1.54) is 11.3 Å². The number of ether oxygens (including phenoxy) is 1. The van der Waals surface area contributed by atoms with Gasteiger partial charge in [-0.15, -0.1) is 11.3 Å². The van der Waals surface area contributed by atoms with Crippen molar-refractivity contribution in [3.63, 3.8) is 0 Å². The molecular weight excluding hydrogens is 276 g/mol. The fourth-order valence-corrected chi connectivity index (χ4v) is 3.16. The summed E-state index contributed by atoms with van der Waals surface area (Å²) in [6.45, 7) is 5.67. The Morgan fingerprint density at radius 1 is 1.55 bits per heavy atom. The molecule has 2 rings (SSSR count). The second-order valence-corrected chi connectivity index (χ2v) is 6.11. The van der Waals surface area contributed by atoms with E-state index in [1.807, 2.05) is 6.92 Å². The highest BCUT2D eigenvalue weighted by Crippen LogP contribution is 2.29. The first-order chi connectivity index (χ1) is 9.61. The smallest absolute Gasteiger partial charge is 0.341 e. The van der Waals surface area contributed by atoms with Crippen LogP contribution in [0.15, 0.2) is 6.07 Å². The molecule has 0 aliphatic carbocycles. The van der Waals surface area contributed by atoms with Crippen LogP contribution in [0.2, 0.25) is 0 Å². The van der Waals surface area contributed by atoms with E-state index in [1.54, 1.807) is 13.0 Å². The fourth-order valence-electron chi connectivity index (χ4n) is 2.26. The number of piperidine rings is 1. The van der Waals surface area contributed by atoms with Gasteiger partial charge in [0.15, 0.2) is 0 Å². The molecule has 1 saturated heterocycles. The normalized spacial score (nSPS) is 18.6. The number of carbonyl (C=O) groups excluding carboxylic acids is 2. The molecule has 1 fully saturated rings. The number of thiophene rings is 1. The summed E-state index contributed by atoms with van der Waals surface area (Å²) in [7, 11) is 0. The van der Waals surface area contributed by atoms with Crippen LogP contribution < -0.4 is 10.6 Å². The van der Waals surface area contributed by atoms with E-state index in [0.29, 0.717) is 23.7 Å². The Bertz CT molecular complexity index is 493. The molecule has 0 bridgehead atoms. The number of esters is 1. The number of aryl methyl sites for hydroxylation is 1. The van der Waals surface area contributed by atoms with Crippen LogP contribution in [0, 0.1) is 12.8 Å². The van der Waals surface area contributed by atoms with Crippen molar-refractivity contribution in [1.82, 2.24) is 5.32 Å². The molecule has 0 unspecified atom stereocenters. The summed E-state index contributed by atoms with van der Waals surface area (Å²) in [5, 5.41) is 6.69. The third-order valence-electron chi connectivity index (χ3n) is 3.26. The molecule has 0 radical (unpaired) electrons. The molecule has 2 N–H and O–H groups in total. The lowest BCUT2D eigenvalue weighted by Crippen LogP contribution is -2.37. The Morgan fingerprint density at radius 2 is 2.35 bits per heavy atom. The largest absolute Gasteiger partial charge is 0.462 e. The maximum Gasteiger partial charge on any atom is 0.341 e. The van der Waals surface area contributed by atoms with E-state index in [4.69, 9.17) is 4.74 Å². The summed E-state index contributed by atoms with van der Waals surface area (Å²) in [6.07, 6.45) is 1.89. The lowest BCUT2D eigenvalue weighted by atomic mass is 9.99. The Morgan fingerprint density at radius 3 is 3.00 bits per heavy atom. The summed E-state index contributed by atoms with van der Waals surface area (Å²) in [6, 6.07) is 1.76. The van der Waals surface area contributed by atoms with Crippen molar-refractivity contribution >= 4 is 28.2 Å². The van der Waals surface area contributed by atoms with Crippen molar-refractivity contribution in [3.8, 4) is 0 Å². The molecule has 110 valence electrons. The number of rotatable bonds is 4. The molecule has 0 saturated carbocycles. The number of nitrogens with one attached hydrogen (secondary N) is 2. The standard InChI is InChI=1S/C14H20N2O3S/c1-3-19-14(18)11-7-9(2)20-13(11)16-12(17)10-5-4-6-15-8-10/h7,10,15H,3-6,8H2,1-2H3,(H,16,17)/t10-/m1/s1. The lowest BCUT2D eigenvalue weighted by Gasteiger charge is -2.21. The minimum absolute atomic E-state index is 0.0235. The predicted molar refractivity (Wildman–Crippen MR) is 79.2 cm³/mol. The molecule has 1 aliphatic rings. The van der Waals surface area contributed by atoms with Gasteiger partial charge in [-0.1, -0.05) is 0 Å². The Balaban J connectivity index is 2.08. The van der Waals surface area contributed by atoms with Gasteiger partial charge in [-0.05, 0) is 39.3 Å². The van der Waals surface area contributed by atoms with Crippen LogP contribution in [0.4, 0.5) is 5.00 Å². The average molecular weight is 296 g/mol. The fraction of sp³-hybridized carbons (Fsp3) is 0.571. The SMILES string of the molecule is CCOC(=O)c1cc(C)sc1NC(=O)[C@@H]1CCCNC1. The van der Waals surface area contributed by atoms with Gasteiger partial charge in [0.2, 0.25) is 5.91 Å². The van der Waals surface area contributed by atoms with Crippen LogP contribution >= 0.6 is 11.3 Å². The van der Waals surface area contributed by atoms with Gasteiger partial charge in [0.1, 0.15) is 5.00 Å². The first-order valence-corrected chi connectivity index (χ1v) is 7.72. The zero-order valence-corrected chi connectivity index (χ0v) is 12.6. The van der Waals surface area contributed by atoms with E-state index in [2.05, 4.69) is 10.6 Å². The molecular formula is C14H20N2O3S.